The Balaban J connectivity index is 3.23. The zero-order valence-corrected chi connectivity index (χ0v) is 11.3. The molecule has 1 heterocycles. The van der Waals surface area contributed by atoms with Crippen molar-refractivity contribution in [2.24, 2.45) is 0 Å². The van der Waals surface area contributed by atoms with Gasteiger partial charge in [0.25, 0.3) is 0 Å². The minimum absolute atomic E-state index is 0.357. The number of esters is 1. The molecule has 0 aromatic rings. The first-order chi connectivity index (χ1) is 8.79. The number of hydrogen-bond donors (Lipinski definition) is 0. The van der Waals surface area contributed by atoms with Crippen molar-refractivity contribution in [1.29, 1.82) is 0 Å². The zero-order valence-electron chi connectivity index (χ0n) is 9.69. The lowest BCUT2D eigenvalue weighted by atomic mass is 10.0. The van der Waals surface area contributed by atoms with E-state index in [0.29, 0.717) is 6.92 Å². The van der Waals surface area contributed by atoms with Crippen molar-refractivity contribution >= 4 is 27.7 Å². The van der Waals surface area contributed by atoms with Crippen molar-refractivity contribution < 1.29 is 45.4 Å². The van der Waals surface area contributed by atoms with Crippen molar-refractivity contribution in [2.45, 2.75) is 37.1 Å². The lowest BCUT2D eigenvalue weighted by Crippen LogP contribution is -2.58. The van der Waals surface area contributed by atoms with Gasteiger partial charge in [-0.2, -0.15) is 26.3 Å². The minimum Gasteiger partial charge on any atom is -0.414 e. The van der Waals surface area contributed by atoms with Crippen molar-refractivity contribution in [3.8, 4) is 0 Å². The van der Waals surface area contributed by atoms with E-state index in [0.717, 1.165) is 0 Å². The molecule has 1 atom stereocenters. The summed E-state index contributed by atoms with van der Waals surface area (Å²) in [6.07, 6.45) is -13.0. The summed E-state index contributed by atoms with van der Waals surface area (Å²) in [6.45, 7) is 0.634. The van der Waals surface area contributed by atoms with Gasteiger partial charge in [0.05, 0.1) is 5.33 Å². The van der Waals surface area contributed by atoms with Crippen LogP contribution in [0, 0.1) is 0 Å². The highest BCUT2D eigenvalue weighted by atomic mass is 79.9. The number of hydrogen-bond acceptors (Lipinski definition) is 4. The number of halogens is 7. The third kappa shape index (κ3) is 2.65. The van der Waals surface area contributed by atoms with Crippen LogP contribution in [0.3, 0.4) is 0 Å². The van der Waals surface area contributed by atoms with E-state index in [4.69, 9.17) is 0 Å². The van der Waals surface area contributed by atoms with Crippen LogP contribution in [0.25, 0.3) is 0 Å². The third-order valence-corrected chi connectivity index (χ3v) is 3.09. The molecule has 0 aromatic heterocycles. The van der Waals surface area contributed by atoms with Gasteiger partial charge in [-0.25, -0.2) is 4.79 Å². The van der Waals surface area contributed by atoms with E-state index in [1.807, 2.05) is 0 Å². The highest BCUT2D eigenvalue weighted by molar-refractivity contribution is 9.09. The first-order valence-electron chi connectivity index (χ1n) is 4.94. The van der Waals surface area contributed by atoms with Crippen LogP contribution in [0.2, 0.25) is 0 Å². The van der Waals surface area contributed by atoms with Gasteiger partial charge >= 0.3 is 24.1 Å². The number of carbonyl (C=O) groups is 2. The Morgan fingerprint density at radius 2 is 1.65 bits per heavy atom. The molecule has 0 bridgehead atoms. The molecule has 1 unspecified atom stereocenters. The summed E-state index contributed by atoms with van der Waals surface area (Å²) >= 11 is 2.67. The molecule has 4 nitrogen and oxygen atoms in total. The van der Waals surface area contributed by atoms with E-state index in [2.05, 4.69) is 25.4 Å². The highest BCUT2D eigenvalue weighted by Gasteiger charge is 2.82. The van der Waals surface area contributed by atoms with E-state index in [1.54, 1.807) is 0 Å². The SMILES string of the molecule is CC1(CC(=O)CBr)OC(C(F)(F)F)(C(F)(F)F)OC1=O. The molecule has 0 radical (unpaired) electrons. The number of rotatable bonds is 3. The Bertz CT molecular complexity index is 417. The number of carbonyl (C=O) groups excluding carboxylic acids is 2. The summed E-state index contributed by atoms with van der Waals surface area (Å²) in [5.41, 5.74) is -2.66. The lowest BCUT2D eigenvalue weighted by Gasteiger charge is -2.31. The largest absolute Gasteiger partial charge is 0.465 e. The Hall–Kier alpha value is -0.840. The van der Waals surface area contributed by atoms with Crippen LogP contribution >= 0.6 is 15.9 Å². The quantitative estimate of drug-likeness (QED) is 0.434. The van der Waals surface area contributed by atoms with E-state index in [9.17, 15) is 35.9 Å². The molecule has 1 aliphatic rings. The molecule has 1 saturated heterocycles. The third-order valence-electron chi connectivity index (χ3n) is 2.47. The zero-order chi connectivity index (χ0) is 16.0. The molecule has 20 heavy (non-hydrogen) atoms. The molecule has 0 amide bonds. The van der Waals surface area contributed by atoms with E-state index >= 15 is 0 Å². The fourth-order valence-corrected chi connectivity index (χ4v) is 1.74. The van der Waals surface area contributed by atoms with Gasteiger partial charge in [-0.3, -0.25) is 4.79 Å². The van der Waals surface area contributed by atoms with Crippen LogP contribution in [-0.2, 0) is 19.1 Å². The van der Waals surface area contributed by atoms with Gasteiger partial charge in [0.15, 0.2) is 5.60 Å². The molecular weight excluding hydrogens is 366 g/mol. The minimum atomic E-state index is -6.03. The monoisotopic (exact) mass is 372 g/mol. The molecule has 0 aliphatic carbocycles. The predicted octanol–water partition coefficient (Wildman–Crippen LogP) is 2.49. The molecule has 1 fully saturated rings. The van der Waals surface area contributed by atoms with Crippen LogP contribution in [0.15, 0.2) is 0 Å². The Morgan fingerprint density at radius 1 is 1.20 bits per heavy atom. The summed E-state index contributed by atoms with van der Waals surface area (Å²) < 4.78 is 83.1. The first kappa shape index (κ1) is 17.2. The molecular formula is C9H7BrF6O4. The van der Waals surface area contributed by atoms with Crippen LogP contribution in [0.1, 0.15) is 13.3 Å². The molecule has 0 aromatic carbocycles. The Kier molecular flexibility index (Phi) is 4.19. The second-order valence-electron chi connectivity index (χ2n) is 4.18. The second-order valence-corrected chi connectivity index (χ2v) is 4.74. The Labute approximate surface area is 116 Å². The van der Waals surface area contributed by atoms with Crippen LogP contribution < -0.4 is 0 Å². The number of ether oxygens (including phenoxy) is 2. The molecule has 0 saturated carbocycles. The highest BCUT2D eigenvalue weighted by Crippen LogP contribution is 2.53. The van der Waals surface area contributed by atoms with Crippen molar-refractivity contribution in [1.82, 2.24) is 0 Å². The van der Waals surface area contributed by atoms with Gasteiger partial charge in [-0.1, -0.05) is 15.9 Å². The smallest absolute Gasteiger partial charge is 0.414 e. The van der Waals surface area contributed by atoms with Crippen LogP contribution in [-0.4, -0.2) is 40.8 Å². The average Bonchev–Trinajstić information content (AvgIpc) is 2.51. The number of ketones is 1. The van der Waals surface area contributed by atoms with Crippen LogP contribution in [0.4, 0.5) is 26.3 Å². The maximum atomic E-state index is 12.6. The summed E-state index contributed by atoms with van der Waals surface area (Å²) in [7, 11) is 0. The molecule has 0 spiro atoms. The average molecular weight is 373 g/mol. The summed E-state index contributed by atoms with van der Waals surface area (Å²) in [5.74, 6) is -7.77. The standard InChI is InChI=1S/C9H7BrF6O4/c1-6(2-4(17)3-10)5(18)19-7(20-6,8(11,12)13)9(14,15)16/h2-3H2,1H3. The number of cyclic esters (lactones) is 1. The van der Waals surface area contributed by atoms with Crippen molar-refractivity contribution in [2.75, 3.05) is 5.33 Å². The molecule has 11 heteroatoms. The first-order valence-corrected chi connectivity index (χ1v) is 6.06. The summed E-state index contributed by atoms with van der Waals surface area (Å²) in [5, 5.41) is -0.357. The maximum absolute atomic E-state index is 12.6. The molecule has 116 valence electrons. The van der Waals surface area contributed by atoms with E-state index < -0.39 is 41.9 Å². The molecule has 0 N–H and O–H groups in total. The summed E-state index contributed by atoms with van der Waals surface area (Å²) in [6, 6.07) is 0. The van der Waals surface area contributed by atoms with Gasteiger partial charge in [0.1, 0.15) is 5.78 Å². The fraction of sp³-hybridized carbons (Fsp3) is 0.778. The predicted molar refractivity (Wildman–Crippen MR) is 53.8 cm³/mol. The Morgan fingerprint density at radius 3 is 1.95 bits per heavy atom. The number of alkyl halides is 7. The van der Waals surface area contributed by atoms with Crippen LogP contribution in [0.5, 0.6) is 0 Å². The normalized spacial score (nSPS) is 26.5. The maximum Gasteiger partial charge on any atom is 0.465 e. The fourth-order valence-electron chi connectivity index (χ4n) is 1.54. The van der Waals surface area contributed by atoms with Crippen molar-refractivity contribution in [3.63, 3.8) is 0 Å². The lowest BCUT2D eigenvalue weighted by molar-refractivity contribution is -0.444. The van der Waals surface area contributed by atoms with Gasteiger partial charge in [-0.15, -0.1) is 0 Å². The molecule has 1 rings (SSSR count). The second kappa shape index (κ2) is 4.86. The van der Waals surface area contributed by atoms with E-state index in [1.165, 1.54) is 0 Å². The van der Waals surface area contributed by atoms with Gasteiger partial charge in [0.2, 0.25) is 0 Å². The topological polar surface area (TPSA) is 52.6 Å². The van der Waals surface area contributed by atoms with E-state index in [-0.39, 0.29) is 5.33 Å². The van der Waals surface area contributed by atoms with Crippen molar-refractivity contribution in [3.05, 3.63) is 0 Å². The van der Waals surface area contributed by atoms with Gasteiger partial charge in [0, 0.05) is 6.42 Å². The van der Waals surface area contributed by atoms with Gasteiger partial charge in [-0.05, 0) is 6.92 Å². The summed E-state index contributed by atoms with van der Waals surface area (Å²) in [4.78, 5) is 22.5. The number of Topliss-reactive ketones (excluding diaryl/α,β-unsaturated/α-hetero) is 1. The van der Waals surface area contributed by atoms with Gasteiger partial charge < -0.3 is 9.47 Å². The molecule has 1 aliphatic heterocycles.